The Morgan fingerprint density at radius 3 is 2.27 bits per heavy atom. The van der Waals surface area contributed by atoms with Crippen LogP contribution in [0.25, 0.3) is 0 Å². The molecule has 0 saturated carbocycles. The van der Waals surface area contributed by atoms with Gasteiger partial charge in [0.25, 0.3) is 6.47 Å². The molecule has 0 aromatic carbocycles. The predicted molar refractivity (Wildman–Crippen MR) is 59.9 cm³/mol. The van der Waals surface area contributed by atoms with Crippen molar-refractivity contribution in [2.45, 2.75) is 26.7 Å². The summed E-state index contributed by atoms with van der Waals surface area (Å²) in [6.45, 7) is 6.67. The van der Waals surface area contributed by atoms with Crippen LogP contribution in [0.3, 0.4) is 0 Å². The normalized spacial score (nSPS) is 9.13. The average molecular weight is 233 g/mol. The third-order valence-corrected chi connectivity index (χ3v) is 2.29. The third kappa shape index (κ3) is 4.34. The quantitative estimate of drug-likeness (QED) is 0.591. The van der Waals surface area contributed by atoms with Gasteiger partial charge in [0.1, 0.15) is 0 Å². The number of alkyl halides is 1. The summed E-state index contributed by atoms with van der Waals surface area (Å²) in [6.07, 6.45) is 0. The largest absolute Gasteiger partial charge is 0.468 e. The van der Waals surface area contributed by atoms with E-state index in [1.807, 2.05) is 25.6 Å². The molecule has 5 heteroatoms. The number of hydrogen-bond acceptors (Lipinski definition) is 3. The molecule has 0 amide bonds. The first-order valence-corrected chi connectivity index (χ1v) is 5.22. The summed E-state index contributed by atoms with van der Waals surface area (Å²) >= 11 is 5.70. The van der Waals surface area contributed by atoms with Gasteiger partial charge in [-0.15, -0.1) is 11.6 Å². The van der Waals surface area contributed by atoms with Crippen LogP contribution in [-0.2, 0) is 22.5 Å². The molecule has 0 unspecified atom stereocenters. The molecule has 15 heavy (non-hydrogen) atoms. The van der Waals surface area contributed by atoms with Crippen LogP contribution in [0.15, 0.2) is 0 Å². The molecular formula is C10H17ClN2O2. The monoisotopic (exact) mass is 232 g/mol. The zero-order valence-electron chi connectivity index (χ0n) is 9.58. The number of nitrogens with zero attached hydrogens (tertiary/aromatic N) is 2. The number of rotatable bonds is 3. The Labute approximate surface area is 95.2 Å². The lowest BCUT2D eigenvalue weighted by molar-refractivity contribution is -0.128. The number of ether oxygens (including phenoxy) is 1. The van der Waals surface area contributed by atoms with Crippen molar-refractivity contribution in [1.29, 1.82) is 0 Å². The van der Waals surface area contributed by atoms with E-state index in [4.69, 9.17) is 11.6 Å². The first-order chi connectivity index (χ1) is 7.08. The van der Waals surface area contributed by atoms with Gasteiger partial charge in [-0.2, -0.15) is 5.10 Å². The fourth-order valence-corrected chi connectivity index (χ4v) is 1.47. The molecule has 0 aliphatic rings. The minimum Gasteiger partial charge on any atom is -0.468 e. The molecule has 0 fully saturated rings. The van der Waals surface area contributed by atoms with Gasteiger partial charge in [0.2, 0.25) is 0 Å². The molecule has 0 aliphatic heterocycles. The average Bonchev–Trinajstić information content (AvgIpc) is 2.43. The number of halogens is 1. The van der Waals surface area contributed by atoms with Crippen molar-refractivity contribution in [1.82, 2.24) is 9.78 Å². The highest BCUT2D eigenvalue weighted by Gasteiger charge is 2.06. The lowest BCUT2D eigenvalue weighted by atomic mass is 10.2. The molecule has 1 rings (SSSR count). The maximum absolute atomic E-state index is 9.18. The van der Waals surface area contributed by atoms with Crippen LogP contribution in [0.1, 0.15) is 23.9 Å². The first-order valence-electron chi connectivity index (χ1n) is 4.68. The van der Waals surface area contributed by atoms with Crippen molar-refractivity contribution >= 4 is 18.1 Å². The van der Waals surface area contributed by atoms with E-state index in [-0.39, 0.29) is 0 Å². The number of carbonyl (C=O) groups excluding carboxylic acids is 1. The maximum Gasteiger partial charge on any atom is 0.293 e. The van der Waals surface area contributed by atoms with Gasteiger partial charge >= 0.3 is 0 Å². The van der Waals surface area contributed by atoms with Gasteiger partial charge in [0, 0.05) is 18.3 Å². The standard InChI is InChI=1S/C7H11ClN2.C3H6O2/c1-5-7(4-8)6(2)10(3)9-5;1-2-5-3-4/h4H2,1-3H3;3H,2H2,1H3. The Morgan fingerprint density at radius 2 is 2.13 bits per heavy atom. The molecule has 1 aromatic rings. The summed E-state index contributed by atoms with van der Waals surface area (Å²) in [7, 11) is 1.93. The van der Waals surface area contributed by atoms with Gasteiger partial charge in [0.15, 0.2) is 0 Å². The van der Waals surface area contributed by atoms with E-state index in [1.165, 1.54) is 0 Å². The summed E-state index contributed by atoms with van der Waals surface area (Å²) in [5, 5.41) is 4.21. The first kappa shape index (κ1) is 14.0. The Balaban J connectivity index is 0.000000336. The van der Waals surface area contributed by atoms with Crippen LogP contribution in [-0.4, -0.2) is 22.9 Å². The summed E-state index contributed by atoms with van der Waals surface area (Å²) in [5.41, 5.74) is 3.35. The Hall–Kier alpha value is -1.03. The van der Waals surface area contributed by atoms with Crippen molar-refractivity contribution < 1.29 is 9.53 Å². The van der Waals surface area contributed by atoms with E-state index in [0.717, 1.165) is 17.0 Å². The third-order valence-electron chi connectivity index (χ3n) is 2.03. The van der Waals surface area contributed by atoms with Crippen molar-refractivity contribution in [3.05, 3.63) is 17.0 Å². The van der Waals surface area contributed by atoms with E-state index >= 15 is 0 Å². The van der Waals surface area contributed by atoms with Crippen LogP contribution in [0, 0.1) is 13.8 Å². The Bertz CT molecular complexity index is 311. The second-order valence-electron chi connectivity index (χ2n) is 2.96. The maximum atomic E-state index is 9.18. The highest BCUT2D eigenvalue weighted by atomic mass is 35.5. The summed E-state index contributed by atoms with van der Waals surface area (Å²) in [4.78, 5) is 9.18. The molecule has 0 radical (unpaired) electrons. The molecule has 0 aliphatic carbocycles. The van der Waals surface area contributed by atoms with E-state index < -0.39 is 0 Å². The van der Waals surface area contributed by atoms with Crippen LogP contribution < -0.4 is 0 Å². The van der Waals surface area contributed by atoms with Crippen molar-refractivity contribution in [3.63, 3.8) is 0 Å². The Morgan fingerprint density at radius 1 is 1.53 bits per heavy atom. The molecule has 0 spiro atoms. The molecule has 0 saturated heterocycles. The lowest BCUT2D eigenvalue weighted by Gasteiger charge is -1.93. The lowest BCUT2D eigenvalue weighted by Crippen LogP contribution is -1.92. The molecule has 86 valence electrons. The molecule has 1 heterocycles. The van der Waals surface area contributed by atoms with Crippen LogP contribution in [0.5, 0.6) is 0 Å². The van der Waals surface area contributed by atoms with E-state index in [0.29, 0.717) is 19.0 Å². The molecule has 1 aromatic heterocycles. The molecule has 4 nitrogen and oxygen atoms in total. The minimum atomic E-state index is 0.431. The van der Waals surface area contributed by atoms with Crippen molar-refractivity contribution in [2.75, 3.05) is 6.61 Å². The van der Waals surface area contributed by atoms with E-state index in [2.05, 4.69) is 9.84 Å². The van der Waals surface area contributed by atoms with Gasteiger partial charge in [-0.25, -0.2) is 0 Å². The summed E-state index contributed by atoms with van der Waals surface area (Å²) < 4.78 is 6.01. The second kappa shape index (κ2) is 7.29. The molecule has 0 N–H and O–H groups in total. The highest BCUT2D eigenvalue weighted by molar-refractivity contribution is 6.17. The fraction of sp³-hybridized carbons (Fsp3) is 0.600. The number of aromatic nitrogens is 2. The topological polar surface area (TPSA) is 44.1 Å². The van der Waals surface area contributed by atoms with Gasteiger partial charge in [-0.05, 0) is 20.8 Å². The second-order valence-corrected chi connectivity index (χ2v) is 3.23. The van der Waals surface area contributed by atoms with Crippen LogP contribution in [0.2, 0.25) is 0 Å². The highest BCUT2D eigenvalue weighted by Crippen LogP contribution is 2.13. The zero-order valence-corrected chi connectivity index (χ0v) is 10.3. The number of hydrogen-bond donors (Lipinski definition) is 0. The van der Waals surface area contributed by atoms with Gasteiger partial charge < -0.3 is 4.74 Å². The zero-order chi connectivity index (χ0) is 11.8. The minimum absolute atomic E-state index is 0.431. The fourth-order valence-electron chi connectivity index (χ4n) is 1.08. The molecule has 0 atom stereocenters. The van der Waals surface area contributed by atoms with Crippen molar-refractivity contribution in [3.8, 4) is 0 Å². The molecular weight excluding hydrogens is 216 g/mol. The van der Waals surface area contributed by atoms with Crippen molar-refractivity contribution in [2.24, 2.45) is 7.05 Å². The van der Waals surface area contributed by atoms with Crippen LogP contribution >= 0.6 is 11.6 Å². The smallest absolute Gasteiger partial charge is 0.293 e. The van der Waals surface area contributed by atoms with E-state index in [1.54, 1.807) is 6.92 Å². The Kier molecular flexibility index (Phi) is 6.79. The summed E-state index contributed by atoms with van der Waals surface area (Å²) in [6, 6.07) is 0. The van der Waals surface area contributed by atoms with Gasteiger partial charge in [0.05, 0.1) is 18.2 Å². The van der Waals surface area contributed by atoms with E-state index in [9.17, 15) is 4.79 Å². The van der Waals surface area contributed by atoms with Crippen LogP contribution in [0.4, 0.5) is 0 Å². The van der Waals surface area contributed by atoms with Gasteiger partial charge in [-0.1, -0.05) is 0 Å². The number of aryl methyl sites for hydroxylation is 2. The SMILES string of the molecule is CCOC=O.Cc1nn(C)c(C)c1CCl. The predicted octanol–water partition coefficient (Wildman–Crippen LogP) is 1.96. The van der Waals surface area contributed by atoms with Gasteiger partial charge in [-0.3, -0.25) is 9.48 Å². The number of carbonyl (C=O) groups is 1. The summed E-state index contributed by atoms with van der Waals surface area (Å²) in [5.74, 6) is 0.561. The molecule has 0 bridgehead atoms.